The molecule has 0 saturated heterocycles. The van der Waals surface area contributed by atoms with Crippen LogP contribution in [0.25, 0.3) is 10.9 Å². The van der Waals surface area contributed by atoms with E-state index in [1.807, 2.05) is 18.2 Å². The second kappa shape index (κ2) is 10.8. The monoisotopic (exact) mass is 395 g/mol. The first kappa shape index (κ1) is 21.0. The summed E-state index contributed by atoms with van der Waals surface area (Å²) in [6, 6.07) is 16.7. The minimum Gasteiger partial charge on any atom is -0.383 e. The van der Waals surface area contributed by atoms with Crippen molar-refractivity contribution >= 4 is 16.8 Å². The number of para-hydroxylation sites is 1. The molecule has 0 bridgehead atoms. The molecule has 154 valence electrons. The highest BCUT2D eigenvalue weighted by atomic mass is 16.5. The van der Waals surface area contributed by atoms with Gasteiger partial charge < -0.3 is 9.72 Å². The molecular formula is C23H29N3O3. The fraction of sp³-hybridized carbons (Fsp3) is 0.348. The summed E-state index contributed by atoms with van der Waals surface area (Å²) in [6.45, 7) is 3.37. The van der Waals surface area contributed by atoms with Gasteiger partial charge >= 0.3 is 0 Å². The Bertz CT molecular complexity index is 905. The molecule has 0 aliphatic heterocycles. The lowest BCUT2D eigenvalue weighted by Gasteiger charge is -2.22. The minimum atomic E-state index is -0.364. The number of fused-ring (bicyclic) bond motifs is 1. The maximum absolute atomic E-state index is 11.2. The highest BCUT2D eigenvalue weighted by Crippen LogP contribution is 2.19. The van der Waals surface area contributed by atoms with Gasteiger partial charge in [0.15, 0.2) is 0 Å². The number of H-pyrrole nitrogens is 1. The number of nitrogens with zero attached hydrogens (tertiary/aromatic N) is 1. The van der Waals surface area contributed by atoms with Crippen LogP contribution in [-0.4, -0.2) is 47.8 Å². The molecule has 0 aliphatic carbocycles. The third-order valence-electron chi connectivity index (χ3n) is 5.18. The molecule has 0 radical (unpaired) electrons. The maximum Gasteiger partial charge on any atom is 0.243 e. The topological polar surface area (TPSA) is 77.6 Å². The molecule has 0 spiro atoms. The number of amides is 1. The van der Waals surface area contributed by atoms with Crippen LogP contribution in [0.4, 0.5) is 0 Å². The molecule has 1 heterocycles. The number of nitrogens with one attached hydrogen (secondary N) is 2. The maximum atomic E-state index is 11.2. The van der Waals surface area contributed by atoms with Crippen LogP contribution >= 0.6 is 0 Å². The van der Waals surface area contributed by atoms with Gasteiger partial charge in [0.25, 0.3) is 0 Å². The van der Waals surface area contributed by atoms with Crippen LogP contribution in [0.1, 0.15) is 23.1 Å². The van der Waals surface area contributed by atoms with E-state index in [0.717, 1.165) is 31.6 Å². The predicted octanol–water partition coefficient (Wildman–Crippen LogP) is 3.30. The number of methoxy groups -OCH3 is 1. The van der Waals surface area contributed by atoms with Crippen molar-refractivity contribution in [2.45, 2.75) is 25.8 Å². The van der Waals surface area contributed by atoms with Gasteiger partial charge in [-0.15, -0.1) is 0 Å². The van der Waals surface area contributed by atoms with E-state index in [1.165, 1.54) is 22.0 Å². The number of aromatic nitrogens is 1. The molecule has 0 atom stereocenters. The molecule has 3 rings (SSSR count). The average molecular weight is 396 g/mol. The minimum absolute atomic E-state index is 0.278. The van der Waals surface area contributed by atoms with Gasteiger partial charge in [-0.05, 0) is 35.6 Å². The molecule has 0 fully saturated rings. The Hall–Kier alpha value is -2.67. The Morgan fingerprint density at radius 2 is 1.83 bits per heavy atom. The summed E-state index contributed by atoms with van der Waals surface area (Å²) in [5.41, 5.74) is 6.50. The van der Waals surface area contributed by atoms with Crippen molar-refractivity contribution in [3.63, 3.8) is 0 Å². The van der Waals surface area contributed by atoms with E-state index in [9.17, 15) is 4.79 Å². The number of carbonyl (C=O) groups is 1. The number of carbonyl (C=O) groups excluding carboxylic acids is 1. The lowest BCUT2D eigenvalue weighted by atomic mass is 10.1. The van der Waals surface area contributed by atoms with Crippen LogP contribution in [-0.2, 0) is 28.9 Å². The first-order valence-corrected chi connectivity index (χ1v) is 9.96. The van der Waals surface area contributed by atoms with E-state index in [1.54, 1.807) is 12.6 Å². The van der Waals surface area contributed by atoms with E-state index >= 15 is 0 Å². The second-order valence-electron chi connectivity index (χ2n) is 7.23. The van der Waals surface area contributed by atoms with Crippen molar-refractivity contribution < 1.29 is 14.7 Å². The Balaban J connectivity index is 1.59. The van der Waals surface area contributed by atoms with Gasteiger partial charge in [0, 0.05) is 50.3 Å². The fourth-order valence-corrected chi connectivity index (χ4v) is 3.49. The van der Waals surface area contributed by atoms with Gasteiger partial charge in [0.2, 0.25) is 5.91 Å². The summed E-state index contributed by atoms with van der Waals surface area (Å²) >= 11 is 0. The van der Waals surface area contributed by atoms with Gasteiger partial charge in [-0.1, -0.05) is 42.5 Å². The molecule has 3 aromatic rings. The van der Waals surface area contributed by atoms with Crippen molar-refractivity contribution in [2.75, 3.05) is 26.8 Å². The zero-order valence-electron chi connectivity index (χ0n) is 16.9. The van der Waals surface area contributed by atoms with Crippen molar-refractivity contribution in [1.82, 2.24) is 15.4 Å². The van der Waals surface area contributed by atoms with Crippen LogP contribution in [0.15, 0.2) is 54.7 Å². The SMILES string of the molecule is COCCN(CCc1c[nH]c2ccccc12)Cc1ccc(CCC(=O)NO)cc1. The summed E-state index contributed by atoms with van der Waals surface area (Å²) in [6.07, 6.45) is 3.97. The van der Waals surface area contributed by atoms with Crippen molar-refractivity contribution in [1.29, 1.82) is 0 Å². The number of hydrogen-bond donors (Lipinski definition) is 3. The summed E-state index contributed by atoms with van der Waals surface area (Å²) in [4.78, 5) is 16.9. The number of rotatable bonds is 11. The lowest BCUT2D eigenvalue weighted by molar-refractivity contribution is -0.129. The Morgan fingerprint density at radius 3 is 2.59 bits per heavy atom. The van der Waals surface area contributed by atoms with Gasteiger partial charge in [-0.2, -0.15) is 0 Å². The smallest absolute Gasteiger partial charge is 0.243 e. The number of aromatic amines is 1. The van der Waals surface area contributed by atoms with Crippen LogP contribution in [0, 0.1) is 0 Å². The number of benzene rings is 2. The largest absolute Gasteiger partial charge is 0.383 e. The molecule has 0 unspecified atom stereocenters. The van der Waals surface area contributed by atoms with Gasteiger partial charge in [-0.25, -0.2) is 5.48 Å². The van der Waals surface area contributed by atoms with E-state index in [4.69, 9.17) is 9.94 Å². The number of hydrogen-bond acceptors (Lipinski definition) is 4. The van der Waals surface area contributed by atoms with Crippen LogP contribution in [0.5, 0.6) is 0 Å². The summed E-state index contributed by atoms with van der Waals surface area (Å²) in [5, 5.41) is 9.87. The van der Waals surface area contributed by atoms with Gasteiger partial charge in [-0.3, -0.25) is 14.9 Å². The summed E-state index contributed by atoms with van der Waals surface area (Å²) in [7, 11) is 1.73. The van der Waals surface area contributed by atoms with E-state index in [-0.39, 0.29) is 12.3 Å². The second-order valence-corrected chi connectivity index (χ2v) is 7.23. The third-order valence-corrected chi connectivity index (χ3v) is 5.18. The first-order chi connectivity index (χ1) is 14.2. The highest BCUT2D eigenvalue weighted by Gasteiger charge is 2.09. The Labute approximate surface area is 171 Å². The van der Waals surface area contributed by atoms with Crippen LogP contribution in [0.3, 0.4) is 0 Å². The van der Waals surface area contributed by atoms with Gasteiger partial charge in [0.05, 0.1) is 6.61 Å². The molecule has 6 nitrogen and oxygen atoms in total. The molecule has 29 heavy (non-hydrogen) atoms. The Kier molecular flexibility index (Phi) is 7.81. The number of hydroxylamine groups is 1. The van der Waals surface area contributed by atoms with Crippen LogP contribution < -0.4 is 5.48 Å². The zero-order valence-corrected chi connectivity index (χ0v) is 16.9. The van der Waals surface area contributed by atoms with E-state index in [0.29, 0.717) is 13.0 Å². The summed E-state index contributed by atoms with van der Waals surface area (Å²) in [5.74, 6) is -0.364. The van der Waals surface area contributed by atoms with Gasteiger partial charge in [0.1, 0.15) is 0 Å². The molecular weight excluding hydrogens is 366 g/mol. The van der Waals surface area contributed by atoms with E-state index < -0.39 is 0 Å². The summed E-state index contributed by atoms with van der Waals surface area (Å²) < 4.78 is 5.30. The zero-order chi connectivity index (χ0) is 20.5. The molecule has 3 N–H and O–H groups in total. The average Bonchev–Trinajstić information content (AvgIpc) is 3.18. The molecule has 2 aromatic carbocycles. The molecule has 0 aliphatic rings. The lowest BCUT2D eigenvalue weighted by Crippen LogP contribution is -2.29. The normalized spacial score (nSPS) is 11.3. The molecule has 1 aromatic heterocycles. The first-order valence-electron chi connectivity index (χ1n) is 9.96. The number of ether oxygens (including phenoxy) is 1. The van der Waals surface area contributed by atoms with E-state index in [2.05, 4.69) is 46.4 Å². The van der Waals surface area contributed by atoms with Crippen molar-refractivity contribution in [3.8, 4) is 0 Å². The third kappa shape index (κ3) is 6.15. The van der Waals surface area contributed by atoms with Crippen molar-refractivity contribution in [2.24, 2.45) is 0 Å². The number of aryl methyl sites for hydroxylation is 1. The highest BCUT2D eigenvalue weighted by molar-refractivity contribution is 5.83. The molecule has 1 amide bonds. The predicted molar refractivity (Wildman–Crippen MR) is 114 cm³/mol. The van der Waals surface area contributed by atoms with Crippen molar-refractivity contribution in [3.05, 3.63) is 71.4 Å². The fourth-order valence-electron chi connectivity index (χ4n) is 3.49. The quantitative estimate of drug-likeness (QED) is 0.344. The van der Waals surface area contributed by atoms with Crippen LogP contribution in [0.2, 0.25) is 0 Å². The molecule has 0 saturated carbocycles. The Morgan fingerprint density at radius 1 is 1.07 bits per heavy atom. The standard InChI is InChI=1S/C23H29N3O3/c1-29-15-14-26(13-12-20-16-24-22-5-3-2-4-21(20)22)17-19-8-6-18(7-9-19)10-11-23(27)25-28/h2-9,16,24,28H,10-15,17H2,1H3,(H,25,27). The molecule has 6 heteroatoms.